The maximum Gasteiger partial charge on any atom is 2.00 e. The Morgan fingerprint density at radius 3 is 0.388 bits per heavy atom. The smallest absolute Gasteiger partial charge is 0.550 e. The van der Waals surface area contributed by atoms with Gasteiger partial charge in [-0.2, -0.15) is 0 Å². The van der Waals surface area contributed by atoms with E-state index in [9.17, 15) is 19.8 Å². The van der Waals surface area contributed by atoms with E-state index in [1.165, 1.54) is 488 Å². The first-order valence-electron chi connectivity index (χ1n) is 48.2. The van der Waals surface area contributed by atoms with Crippen LogP contribution < -0.4 is 10.2 Å². The van der Waals surface area contributed by atoms with Gasteiger partial charge >= 0.3 is 37.7 Å². The Morgan fingerprint density at radius 2 is 0.291 bits per heavy atom. The minimum absolute atomic E-state index is 0. The predicted octanol–water partition coefficient (Wildman–Crippen LogP) is 30.5. The van der Waals surface area contributed by atoms with Crippen molar-refractivity contribution >= 4 is 49.7 Å². The van der Waals surface area contributed by atoms with E-state index in [0.717, 1.165) is 51.9 Å². The summed E-state index contributed by atoms with van der Waals surface area (Å²) in [5, 5.41) is 23.1. The molecule has 0 aromatic heterocycles. The zero-order valence-electron chi connectivity index (χ0n) is 72.2. The van der Waals surface area contributed by atoms with Gasteiger partial charge in [-0.15, -0.1) is 0 Å². The zero-order valence-corrected chi connectivity index (χ0v) is 74.4. The van der Waals surface area contributed by atoms with Gasteiger partial charge in [-0.1, -0.05) is 517 Å². The molecule has 103 heavy (non-hydrogen) atoms. The van der Waals surface area contributed by atoms with Crippen molar-refractivity contribution in [3.05, 3.63) is 0 Å². The number of hydrogen-bond donors (Lipinski definition) is 0. The first kappa shape index (κ1) is 107. The molecular weight excluding hydrogens is 1290 g/mol. The predicted molar refractivity (Wildman–Crippen MR) is 459 cm³/mol. The fourth-order valence-electron chi connectivity index (χ4n) is 16.4. The molecule has 0 amide bonds. The number of carboxylic acids is 2. The molecule has 0 saturated heterocycles. The second kappa shape index (κ2) is 96.3. The number of carbonyl (C=O) groups excluding carboxylic acids is 2. The van der Waals surface area contributed by atoms with Crippen molar-refractivity contribution in [1.82, 2.24) is 9.80 Å². The largest absolute Gasteiger partial charge is 2.00 e. The van der Waals surface area contributed by atoms with E-state index >= 15 is 0 Å². The van der Waals surface area contributed by atoms with Gasteiger partial charge in [0.25, 0.3) is 0 Å². The normalized spacial score (nSPS) is 12.2. The Kier molecular flexibility index (Phi) is 100. The molecule has 0 heterocycles. The molecule has 0 aromatic rings. The van der Waals surface area contributed by atoms with Crippen molar-refractivity contribution in [2.24, 2.45) is 0 Å². The summed E-state index contributed by atoms with van der Waals surface area (Å²) in [6.07, 6.45) is 111. The van der Waals surface area contributed by atoms with E-state index in [2.05, 4.69) is 51.3 Å². The summed E-state index contributed by atoms with van der Waals surface area (Å²) in [5.41, 5.74) is 0. The summed E-state index contributed by atoms with van der Waals surface area (Å²) in [5.74, 6) is -1.75. The van der Waals surface area contributed by atoms with E-state index in [4.69, 9.17) is 0 Å². The van der Waals surface area contributed by atoms with Gasteiger partial charge < -0.3 is 29.6 Å². The molecule has 0 spiro atoms. The molecule has 0 saturated carbocycles. The molecule has 0 radical (unpaired) electrons. The molecule has 0 fully saturated rings. The molecule has 0 N–H and O–H groups in total. The van der Waals surface area contributed by atoms with Crippen LogP contribution in [0.2, 0.25) is 0 Å². The number of unbranched alkanes of at least 4 members (excludes halogenated alkanes) is 72. The van der Waals surface area contributed by atoms with Crippen LogP contribution in [0, 0.1) is 0 Å². The fraction of sp³-hybridized carbons (Fsp3) is 0.979. The molecule has 0 rings (SSSR count). The second-order valence-corrected chi connectivity index (χ2v) is 33.6. The van der Waals surface area contributed by atoms with E-state index < -0.39 is 11.9 Å². The van der Waals surface area contributed by atoms with Crippen LogP contribution in [0.4, 0.5) is 0 Å². The summed E-state index contributed by atoms with van der Waals surface area (Å²) in [7, 11) is 0. The summed E-state index contributed by atoms with van der Waals surface area (Å²) >= 11 is 0. The maximum absolute atomic E-state index is 11.6. The first-order chi connectivity index (χ1) is 50.3. The summed E-state index contributed by atoms with van der Waals surface area (Å²) < 4.78 is 0. The molecule has 2 unspecified atom stereocenters. The standard InChI is InChI=1S/2C48H97NO2.Ca/c2*1-4-7-9-11-13-15-17-19-21-23-25-27-29-31-33-35-37-39-41-44-49(47(43-6-3)46-48(50)51)45-42-40-38-36-34-32-30-28-26-24-22-20-18-16-14-12-10-8-5-2;/h2*47H,4-46H2,1-3H3,(H,50,51);/q;;+2/p-2. The minimum atomic E-state index is -0.875. The number of aliphatic carboxylic acids is 2. The topological polar surface area (TPSA) is 86.7 Å². The van der Waals surface area contributed by atoms with Crippen molar-refractivity contribution in [2.75, 3.05) is 26.2 Å². The van der Waals surface area contributed by atoms with E-state index in [1.807, 2.05) is 0 Å². The second-order valence-electron chi connectivity index (χ2n) is 33.6. The van der Waals surface area contributed by atoms with Gasteiger partial charge in [-0.05, 0) is 64.7 Å². The molecule has 7 heteroatoms. The SMILES string of the molecule is CCCCCCCCCCCCCCCCCCCCCN(CCCCCCCCCCCCCCCCCCCCC)C(CCC)CC(=O)[O-].CCCCCCCCCCCCCCCCCCCCCN(CCCCCCCCCCCCCCCCCCCCC)C(CCC)CC(=O)[O-].[Ca+2]. The third-order valence-electron chi connectivity index (χ3n) is 23.3. The van der Waals surface area contributed by atoms with Gasteiger partial charge in [-0.3, -0.25) is 0 Å². The monoisotopic (exact) mass is 1480 g/mol. The van der Waals surface area contributed by atoms with Crippen LogP contribution in [0.25, 0.3) is 0 Å². The first-order valence-corrected chi connectivity index (χ1v) is 48.2. The zero-order chi connectivity index (χ0) is 74.3. The molecule has 0 aliphatic rings. The van der Waals surface area contributed by atoms with Gasteiger partial charge in [-0.25, -0.2) is 0 Å². The Bertz CT molecular complexity index is 1340. The van der Waals surface area contributed by atoms with E-state index in [0.29, 0.717) is 0 Å². The summed E-state index contributed by atoms with van der Waals surface area (Å²) in [4.78, 5) is 28.2. The quantitative estimate of drug-likeness (QED) is 0.0445. The molecule has 0 aliphatic carbocycles. The number of hydrogen-bond acceptors (Lipinski definition) is 6. The summed E-state index contributed by atoms with van der Waals surface area (Å²) in [6.45, 7) is 17.8. The third-order valence-corrected chi connectivity index (χ3v) is 23.3. The molecular formula is C96H192CaN2O4. The van der Waals surface area contributed by atoms with Crippen LogP contribution in [0.3, 0.4) is 0 Å². The number of carbonyl (C=O) groups is 2. The van der Waals surface area contributed by atoms with Gasteiger partial charge in [0.2, 0.25) is 0 Å². The van der Waals surface area contributed by atoms with Crippen LogP contribution in [0.5, 0.6) is 0 Å². The third kappa shape index (κ3) is 90.9. The average molecular weight is 1480 g/mol. The summed E-state index contributed by atoms with van der Waals surface area (Å²) in [6, 6.07) is 0.317. The van der Waals surface area contributed by atoms with Crippen molar-refractivity contribution in [3.63, 3.8) is 0 Å². The molecule has 612 valence electrons. The van der Waals surface area contributed by atoms with Gasteiger partial charge in [0, 0.05) is 36.9 Å². The van der Waals surface area contributed by atoms with Gasteiger partial charge in [0.15, 0.2) is 0 Å². The molecule has 2 atom stereocenters. The van der Waals surface area contributed by atoms with Crippen molar-refractivity contribution < 1.29 is 19.8 Å². The molecule has 6 nitrogen and oxygen atoms in total. The van der Waals surface area contributed by atoms with Gasteiger partial charge in [0.05, 0.1) is 0 Å². The minimum Gasteiger partial charge on any atom is -0.550 e. The Morgan fingerprint density at radius 1 is 0.184 bits per heavy atom. The Labute approximate surface area is 680 Å². The van der Waals surface area contributed by atoms with Crippen molar-refractivity contribution in [2.45, 2.75) is 580 Å². The van der Waals surface area contributed by atoms with Crippen LogP contribution in [-0.4, -0.2) is 97.7 Å². The van der Waals surface area contributed by atoms with Crippen LogP contribution >= 0.6 is 0 Å². The molecule has 0 aliphatic heterocycles. The van der Waals surface area contributed by atoms with Crippen molar-refractivity contribution in [3.8, 4) is 0 Å². The average Bonchev–Trinajstić information content (AvgIpc) is 1.06. The molecule has 0 aromatic carbocycles. The van der Waals surface area contributed by atoms with Crippen molar-refractivity contribution in [1.29, 1.82) is 0 Å². The van der Waals surface area contributed by atoms with E-state index in [1.54, 1.807) is 0 Å². The van der Waals surface area contributed by atoms with Gasteiger partial charge in [0.1, 0.15) is 0 Å². The number of nitrogens with zero attached hydrogens (tertiary/aromatic N) is 2. The van der Waals surface area contributed by atoms with Crippen LogP contribution in [-0.2, 0) is 9.59 Å². The number of rotatable bonds is 90. The Hall–Kier alpha value is 0.120. The number of carboxylic acid groups (broad SMARTS) is 2. The fourth-order valence-corrected chi connectivity index (χ4v) is 16.4. The molecule has 0 bridgehead atoms. The van der Waals surface area contributed by atoms with Crippen LogP contribution in [0.1, 0.15) is 568 Å². The Balaban J connectivity index is -0.00000192. The van der Waals surface area contributed by atoms with E-state index in [-0.39, 0.29) is 62.7 Å². The van der Waals surface area contributed by atoms with Crippen LogP contribution in [0.15, 0.2) is 0 Å². The maximum atomic E-state index is 11.6.